The third-order valence-electron chi connectivity index (χ3n) is 2.38. The van der Waals surface area contributed by atoms with Crippen LogP contribution in [0.2, 0.25) is 0 Å². The van der Waals surface area contributed by atoms with Gasteiger partial charge in [0.2, 0.25) is 0 Å². The maximum atomic E-state index is 10.9. The van der Waals surface area contributed by atoms with Crippen molar-refractivity contribution in [3.05, 3.63) is 29.5 Å². The van der Waals surface area contributed by atoms with Crippen molar-refractivity contribution in [2.24, 2.45) is 0 Å². The minimum atomic E-state index is 0.183. The molecule has 0 spiro atoms. The third-order valence-corrected chi connectivity index (χ3v) is 2.38. The SMILES string of the molecule is CCc1[nH]c2ccc(O)cc2c1C=O. The summed E-state index contributed by atoms with van der Waals surface area (Å²) in [5.41, 5.74) is 2.46. The molecule has 2 N–H and O–H groups in total. The molecule has 0 saturated carbocycles. The van der Waals surface area contributed by atoms with Gasteiger partial charge in [-0.15, -0.1) is 0 Å². The molecule has 0 atom stereocenters. The highest BCUT2D eigenvalue weighted by Gasteiger charge is 2.09. The van der Waals surface area contributed by atoms with Gasteiger partial charge in [0, 0.05) is 22.2 Å². The van der Waals surface area contributed by atoms with E-state index in [0.717, 1.165) is 29.3 Å². The smallest absolute Gasteiger partial charge is 0.152 e. The van der Waals surface area contributed by atoms with Crippen LogP contribution in [0.15, 0.2) is 18.2 Å². The van der Waals surface area contributed by atoms with Crippen LogP contribution >= 0.6 is 0 Å². The highest BCUT2D eigenvalue weighted by atomic mass is 16.3. The van der Waals surface area contributed by atoms with Crippen molar-refractivity contribution in [2.45, 2.75) is 13.3 Å². The molecule has 14 heavy (non-hydrogen) atoms. The first-order valence-electron chi connectivity index (χ1n) is 4.55. The van der Waals surface area contributed by atoms with Gasteiger partial charge in [-0.2, -0.15) is 0 Å². The van der Waals surface area contributed by atoms with Crippen LogP contribution < -0.4 is 0 Å². The summed E-state index contributed by atoms with van der Waals surface area (Å²) in [6, 6.07) is 4.98. The summed E-state index contributed by atoms with van der Waals surface area (Å²) in [5.74, 6) is 0.183. The number of carbonyl (C=O) groups excluding carboxylic acids is 1. The second-order valence-electron chi connectivity index (χ2n) is 3.22. The van der Waals surface area contributed by atoms with Gasteiger partial charge in [0.05, 0.1) is 0 Å². The van der Waals surface area contributed by atoms with E-state index in [1.807, 2.05) is 6.92 Å². The molecule has 3 nitrogen and oxygen atoms in total. The lowest BCUT2D eigenvalue weighted by Gasteiger charge is -1.92. The average Bonchev–Trinajstić information content (AvgIpc) is 2.54. The number of phenolic OH excluding ortho intramolecular Hbond substituents is 1. The molecular formula is C11H11NO2. The summed E-state index contributed by atoms with van der Waals surface area (Å²) in [7, 11) is 0. The molecule has 0 saturated heterocycles. The number of aromatic nitrogens is 1. The first-order chi connectivity index (χ1) is 6.76. The van der Waals surface area contributed by atoms with Gasteiger partial charge in [0.15, 0.2) is 6.29 Å². The maximum Gasteiger partial charge on any atom is 0.152 e. The van der Waals surface area contributed by atoms with E-state index in [-0.39, 0.29) is 5.75 Å². The number of aromatic hydroxyl groups is 1. The quantitative estimate of drug-likeness (QED) is 0.712. The molecular weight excluding hydrogens is 178 g/mol. The number of H-pyrrole nitrogens is 1. The summed E-state index contributed by atoms with van der Waals surface area (Å²) in [5, 5.41) is 10.1. The normalized spacial score (nSPS) is 10.6. The largest absolute Gasteiger partial charge is 0.508 e. The van der Waals surface area contributed by atoms with Gasteiger partial charge in [0.25, 0.3) is 0 Å². The molecule has 0 aliphatic heterocycles. The van der Waals surface area contributed by atoms with E-state index in [4.69, 9.17) is 0 Å². The highest BCUT2D eigenvalue weighted by Crippen LogP contribution is 2.24. The number of rotatable bonds is 2. The Morgan fingerprint density at radius 2 is 2.29 bits per heavy atom. The topological polar surface area (TPSA) is 53.1 Å². The minimum absolute atomic E-state index is 0.183. The van der Waals surface area contributed by atoms with Crippen LogP contribution in [-0.2, 0) is 6.42 Å². The van der Waals surface area contributed by atoms with Crippen LogP contribution in [0.4, 0.5) is 0 Å². The van der Waals surface area contributed by atoms with Crippen molar-refractivity contribution >= 4 is 17.2 Å². The van der Waals surface area contributed by atoms with Crippen molar-refractivity contribution in [3.8, 4) is 5.75 Å². The first-order valence-corrected chi connectivity index (χ1v) is 4.55. The summed E-state index contributed by atoms with van der Waals surface area (Å²) in [6.45, 7) is 1.98. The number of hydrogen-bond acceptors (Lipinski definition) is 2. The highest BCUT2D eigenvalue weighted by molar-refractivity contribution is 5.99. The van der Waals surface area contributed by atoms with Crippen LogP contribution in [0.3, 0.4) is 0 Å². The van der Waals surface area contributed by atoms with Crippen molar-refractivity contribution < 1.29 is 9.90 Å². The zero-order valence-electron chi connectivity index (χ0n) is 7.87. The number of aldehydes is 1. The maximum absolute atomic E-state index is 10.9. The molecule has 1 heterocycles. The summed E-state index contributed by atoms with van der Waals surface area (Å²) in [6.07, 6.45) is 1.61. The molecule has 2 rings (SSSR count). The van der Waals surface area contributed by atoms with Gasteiger partial charge >= 0.3 is 0 Å². The lowest BCUT2D eigenvalue weighted by molar-refractivity contribution is 0.112. The van der Waals surface area contributed by atoms with E-state index in [1.54, 1.807) is 18.2 Å². The molecule has 0 bridgehead atoms. The van der Waals surface area contributed by atoms with Gasteiger partial charge in [-0.25, -0.2) is 0 Å². The standard InChI is InChI=1S/C11H11NO2/c1-2-10-9(6-13)8-5-7(14)3-4-11(8)12-10/h3-6,12,14H,2H2,1H3. The number of nitrogens with one attached hydrogen (secondary N) is 1. The summed E-state index contributed by atoms with van der Waals surface area (Å²) in [4.78, 5) is 14.0. The third kappa shape index (κ3) is 1.18. The molecule has 0 unspecified atom stereocenters. The Hall–Kier alpha value is -1.77. The Morgan fingerprint density at radius 1 is 1.50 bits per heavy atom. The van der Waals surface area contributed by atoms with E-state index in [9.17, 15) is 9.90 Å². The number of fused-ring (bicyclic) bond motifs is 1. The average molecular weight is 189 g/mol. The van der Waals surface area contributed by atoms with Gasteiger partial charge in [-0.3, -0.25) is 4.79 Å². The van der Waals surface area contributed by atoms with E-state index in [0.29, 0.717) is 5.56 Å². The van der Waals surface area contributed by atoms with E-state index < -0.39 is 0 Å². The summed E-state index contributed by atoms with van der Waals surface area (Å²) >= 11 is 0. The van der Waals surface area contributed by atoms with Crippen LogP contribution in [0.25, 0.3) is 10.9 Å². The second-order valence-corrected chi connectivity index (χ2v) is 3.22. The zero-order chi connectivity index (χ0) is 10.1. The van der Waals surface area contributed by atoms with Gasteiger partial charge < -0.3 is 10.1 Å². The van der Waals surface area contributed by atoms with Crippen molar-refractivity contribution in [3.63, 3.8) is 0 Å². The molecule has 1 aromatic carbocycles. The predicted octanol–water partition coefficient (Wildman–Crippen LogP) is 2.25. The summed E-state index contributed by atoms with van der Waals surface area (Å²) < 4.78 is 0. The minimum Gasteiger partial charge on any atom is -0.508 e. The molecule has 0 aliphatic rings. The van der Waals surface area contributed by atoms with Crippen LogP contribution in [0.5, 0.6) is 5.75 Å². The molecule has 0 aliphatic carbocycles. The van der Waals surface area contributed by atoms with Gasteiger partial charge in [-0.05, 0) is 24.6 Å². The lowest BCUT2D eigenvalue weighted by atomic mass is 10.1. The molecule has 3 heteroatoms. The second kappa shape index (κ2) is 3.18. The molecule has 2 aromatic rings. The number of benzene rings is 1. The number of aromatic amines is 1. The molecule has 0 amide bonds. The van der Waals surface area contributed by atoms with Crippen molar-refractivity contribution in [1.29, 1.82) is 0 Å². The monoisotopic (exact) mass is 189 g/mol. The Labute approximate surface area is 81.4 Å². The molecule has 1 aromatic heterocycles. The van der Waals surface area contributed by atoms with Gasteiger partial charge in [0.1, 0.15) is 5.75 Å². The van der Waals surface area contributed by atoms with Crippen LogP contribution in [0, 0.1) is 0 Å². The Kier molecular flexibility index (Phi) is 2.00. The number of hydrogen-bond donors (Lipinski definition) is 2. The Morgan fingerprint density at radius 3 is 2.93 bits per heavy atom. The predicted molar refractivity (Wildman–Crippen MR) is 54.7 cm³/mol. The molecule has 0 fully saturated rings. The fourth-order valence-corrected chi connectivity index (χ4v) is 1.67. The molecule has 0 radical (unpaired) electrons. The van der Waals surface area contributed by atoms with E-state index in [2.05, 4.69) is 4.98 Å². The molecule has 72 valence electrons. The number of aryl methyl sites for hydroxylation is 1. The van der Waals surface area contributed by atoms with Crippen LogP contribution in [-0.4, -0.2) is 16.4 Å². The Bertz CT molecular complexity index is 485. The fraction of sp³-hybridized carbons (Fsp3) is 0.182. The van der Waals surface area contributed by atoms with Gasteiger partial charge in [-0.1, -0.05) is 6.92 Å². The zero-order valence-corrected chi connectivity index (χ0v) is 7.87. The number of phenols is 1. The number of carbonyl (C=O) groups is 1. The van der Waals surface area contributed by atoms with E-state index >= 15 is 0 Å². The van der Waals surface area contributed by atoms with Crippen LogP contribution in [0.1, 0.15) is 23.0 Å². The first kappa shape index (κ1) is 8.81. The van der Waals surface area contributed by atoms with Crippen molar-refractivity contribution in [2.75, 3.05) is 0 Å². The van der Waals surface area contributed by atoms with Crippen molar-refractivity contribution in [1.82, 2.24) is 4.98 Å². The Balaban J connectivity index is 2.81. The fourth-order valence-electron chi connectivity index (χ4n) is 1.67. The van der Waals surface area contributed by atoms with E-state index in [1.165, 1.54) is 0 Å². The lowest BCUT2D eigenvalue weighted by Crippen LogP contribution is -1.85.